The van der Waals surface area contributed by atoms with Crippen LogP contribution in [0.3, 0.4) is 0 Å². The van der Waals surface area contributed by atoms with E-state index < -0.39 is 0 Å². The fourth-order valence-electron chi connectivity index (χ4n) is 2.51. The third kappa shape index (κ3) is 4.59. The van der Waals surface area contributed by atoms with Crippen LogP contribution in [-0.4, -0.2) is 12.5 Å². The number of benzene rings is 2. The molecule has 0 fully saturated rings. The van der Waals surface area contributed by atoms with E-state index in [0.29, 0.717) is 12.2 Å². The summed E-state index contributed by atoms with van der Waals surface area (Å²) in [5.41, 5.74) is 4.18. The van der Waals surface area contributed by atoms with Gasteiger partial charge in [0.15, 0.2) is 0 Å². The van der Waals surface area contributed by atoms with E-state index in [4.69, 9.17) is 4.74 Å². The summed E-state index contributed by atoms with van der Waals surface area (Å²) < 4.78 is 5.54. The van der Waals surface area contributed by atoms with Gasteiger partial charge in [-0.05, 0) is 62.6 Å². The highest BCUT2D eigenvalue weighted by Crippen LogP contribution is 2.20. The van der Waals surface area contributed by atoms with Crippen LogP contribution < -0.4 is 10.1 Å². The van der Waals surface area contributed by atoms with Crippen molar-refractivity contribution in [3.8, 4) is 5.75 Å². The van der Waals surface area contributed by atoms with Gasteiger partial charge in [-0.3, -0.25) is 4.79 Å². The number of carbonyl (C=O) groups is 1. The molecule has 1 amide bonds. The molecule has 0 spiro atoms. The van der Waals surface area contributed by atoms with Crippen molar-refractivity contribution in [3.05, 3.63) is 64.7 Å². The third-order valence-electron chi connectivity index (χ3n) is 3.84. The molecule has 1 atom stereocenters. The van der Waals surface area contributed by atoms with Gasteiger partial charge in [-0.1, -0.05) is 30.7 Å². The lowest BCUT2D eigenvalue weighted by molar-refractivity contribution is 0.0940. The molecule has 0 radical (unpaired) electrons. The van der Waals surface area contributed by atoms with Crippen molar-refractivity contribution in [3.63, 3.8) is 0 Å². The zero-order valence-electron chi connectivity index (χ0n) is 14.3. The molecule has 1 unspecified atom stereocenters. The second kappa shape index (κ2) is 7.82. The number of rotatable bonds is 6. The highest BCUT2D eigenvalue weighted by atomic mass is 16.5. The van der Waals surface area contributed by atoms with Crippen LogP contribution in [0.15, 0.2) is 42.5 Å². The quantitative estimate of drug-likeness (QED) is 0.847. The second-order valence-corrected chi connectivity index (χ2v) is 5.93. The minimum absolute atomic E-state index is 0.0292. The predicted octanol–water partition coefficient (Wildman–Crippen LogP) is 4.58. The average Bonchev–Trinajstić information content (AvgIpc) is 2.55. The Kier molecular flexibility index (Phi) is 5.80. The van der Waals surface area contributed by atoms with Gasteiger partial charge in [-0.25, -0.2) is 0 Å². The molecule has 0 aromatic heterocycles. The van der Waals surface area contributed by atoms with Gasteiger partial charge in [-0.2, -0.15) is 0 Å². The maximum absolute atomic E-state index is 12.4. The summed E-state index contributed by atoms with van der Waals surface area (Å²) in [6.07, 6.45) is 0.968. The SMILES string of the molecule is CCCOc1ccc(C(=O)NC(C)c2cc(C)ccc2C)cc1. The Hall–Kier alpha value is -2.29. The minimum atomic E-state index is -0.0690. The van der Waals surface area contributed by atoms with E-state index >= 15 is 0 Å². The van der Waals surface area contributed by atoms with E-state index in [1.807, 2.05) is 19.1 Å². The standard InChI is InChI=1S/C20H25NO2/c1-5-12-23-18-10-8-17(9-11-18)20(22)21-16(4)19-13-14(2)6-7-15(19)3/h6-11,13,16H,5,12H2,1-4H3,(H,21,22). The summed E-state index contributed by atoms with van der Waals surface area (Å²) in [5, 5.41) is 3.06. The number of hydrogen-bond acceptors (Lipinski definition) is 2. The molecular weight excluding hydrogens is 286 g/mol. The van der Waals surface area contributed by atoms with Crippen molar-refractivity contribution in [2.24, 2.45) is 0 Å². The predicted molar refractivity (Wildman–Crippen MR) is 94.0 cm³/mol. The van der Waals surface area contributed by atoms with Gasteiger partial charge < -0.3 is 10.1 Å². The Bertz CT molecular complexity index is 662. The normalized spacial score (nSPS) is 11.8. The van der Waals surface area contributed by atoms with Crippen LogP contribution in [0.2, 0.25) is 0 Å². The number of aryl methyl sites for hydroxylation is 2. The molecule has 122 valence electrons. The van der Waals surface area contributed by atoms with Crippen LogP contribution in [0.25, 0.3) is 0 Å². The Morgan fingerprint density at radius 2 is 1.83 bits per heavy atom. The number of hydrogen-bond donors (Lipinski definition) is 1. The summed E-state index contributed by atoms with van der Waals surface area (Å²) >= 11 is 0. The van der Waals surface area contributed by atoms with E-state index in [2.05, 4.69) is 44.3 Å². The lowest BCUT2D eigenvalue weighted by Gasteiger charge is -2.17. The molecule has 0 aliphatic rings. The molecule has 2 aromatic rings. The van der Waals surface area contributed by atoms with E-state index in [-0.39, 0.29) is 11.9 Å². The summed E-state index contributed by atoms with van der Waals surface area (Å²) in [6.45, 7) is 8.90. The molecule has 0 bridgehead atoms. The summed E-state index contributed by atoms with van der Waals surface area (Å²) in [4.78, 5) is 12.4. The molecule has 3 nitrogen and oxygen atoms in total. The highest BCUT2D eigenvalue weighted by molar-refractivity contribution is 5.94. The Morgan fingerprint density at radius 3 is 2.48 bits per heavy atom. The van der Waals surface area contributed by atoms with Crippen LogP contribution in [0.1, 0.15) is 53.4 Å². The molecule has 0 aliphatic carbocycles. The van der Waals surface area contributed by atoms with Crippen LogP contribution in [0.5, 0.6) is 5.75 Å². The minimum Gasteiger partial charge on any atom is -0.494 e. The Balaban J connectivity index is 2.04. The van der Waals surface area contributed by atoms with Crippen LogP contribution in [0.4, 0.5) is 0 Å². The van der Waals surface area contributed by atoms with E-state index in [1.165, 1.54) is 11.1 Å². The number of amides is 1. The molecule has 0 saturated heterocycles. The van der Waals surface area contributed by atoms with E-state index in [1.54, 1.807) is 12.1 Å². The molecule has 3 heteroatoms. The first-order valence-corrected chi connectivity index (χ1v) is 8.12. The van der Waals surface area contributed by atoms with Gasteiger partial charge in [0, 0.05) is 5.56 Å². The first-order valence-electron chi connectivity index (χ1n) is 8.12. The van der Waals surface area contributed by atoms with Gasteiger partial charge >= 0.3 is 0 Å². The van der Waals surface area contributed by atoms with Gasteiger partial charge in [0.2, 0.25) is 0 Å². The lowest BCUT2D eigenvalue weighted by Crippen LogP contribution is -2.27. The van der Waals surface area contributed by atoms with E-state index in [0.717, 1.165) is 17.7 Å². The maximum Gasteiger partial charge on any atom is 0.251 e. The van der Waals surface area contributed by atoms with Crippen molar-refractivity contribution in [1.82, 2.24) is 5.32 Å². The topological polar surface area (TPSA) is 38.3 Å². The van der Waals surface area contributed by atoms with Crippen molar-refractivity contribution in [2.45, 2.75) is 40.2 Å². The van der Waals surface area contributed by atoms with Crippen molar-refractivity contribution in [2.75, 3.05) is 6.61 Å². The summed E-state index contributed by atoms with van der Waals surface area (Å²) in [7, 11) is 0. The largest absolute Gasteiger partial charge is 0.494 e. The fraction of sp³-hybridized carbons (Fsp3) is 0.350. The van der Waals surface area contributed by atoms with Crippen LogP contribution in [-0.2, 0) is 0 Å². The van der Waals surface area contributed by atoms with Crippen molar-refractivity contribution in [1.29, 1.82) is 0 Å². The molecule has 0 aliphatic heterocycles. The van der Waals surface area contributed by atoms with Gasteiger partial charge in [0.1, 0.15) is 5.75 Å². The Labute approximate surface area is 138 Å². The van der Waals surface area contributed by atoms with Crippen LogP contribution in [0, 0.1) is 13.8 Å². The molecule has 0 saturated carbocycles. The average molecular weight is 311 g/mol. The smallest absolute Gasteiger partial charge is 0.251 e. The summed E-state index contributed by atoms with van der Waals surface area (Å²) in [6, 6.07) is 13.6. The summed E-state index contributed by atoms with van der Waals surface area (Å²) in [5.74, 6) is 0.728. The van der Waals surface area contributed by atoms with E-state index in [9.17, 15) is 4.79 Å². The van der Waals surface area contributed by atoms with Crippen molar-refractivity contribution >= 4 is 5.91 Å². The molecular formula is C20H25NO2. The molecule has 23 heavy (non-hydrogen) atoms. The third-order valence-corrected chi connectivity index (χ3v) is 3.84. The monoisotopic (exact) mass is 311 g/mol. The molecule has 0 heterocycles. The van der Waals surface area contributed by atoms with Gasteiger partial charge in [0.05, 0.1) is 12.6 Å². The maximum atomic E-state index is 12.4. The fourth-order valence-corrected chi connectivity index (χ4v) is 2.51. The number of ether oxygens (including phenoxy) is 1. The molecule has 2 aromatic carbocycles. The lowest BCUT2D eigenvalue weighted by atomic mass is 10.00. The number of nitrogens with one attached hydrogen (secondary N) is 1. The zero-order valence-corrected chi connectivity index (χ0v) is 14.3. The second-order valence-electron chi connectivity index (χ2n) is 5.93. The Morgan fingerprint density at radius 1 is 1.13 bits per heavy atom. The molecule has 2 rings (SSSR count). The zero-order chi connectivity index (χ0) is 16.8. The van der Waals surface area contributed by atoms with Crippen molar-refractivity contribution < 1.29 is 9.53 Å². The first-order chi connectivity index (χ1) is 11.0. The first kappa shape index (κ1) is 17.1. The number of carbonyl (C=O) groups excluding carboxylic acids is 1. The molecule has 1 N–H and O–H groups in total. The van der Waals surface area contributed by atoms with Gasteiger partial charge in [0.25, 0.3) is 5.91 Å². The van der Waals surface area contributed by atoms with Gasteiger partial charge in [-0.15, -0.1) is 0 Å². The highest BCUT2D eigenvalue weighted by Gasteiger charge is 2.13. The van der Waals surface area contributed by atoms with Crippen LogP contribution >= 0.6 is 0 Å².